The van der Waals surface area contributed by atoms with Gasteiger partial charge in [-0.05, 0) is 31.5 Å². The lowest BCUT2D eigenvalue weighted by molar-refractivity contribution is -0.148. The first-order chi connectivity index (χ1) is 12.8. The van der Waals surface area contributed by atoms with Crippen LogP contribution in [0.3, 0.4) is 0 Å². The minimum Gasteiger partial charge on any atom is -0.454 e. The summed E-state index contributed by atoms with van der Waals surface area (Å²) in [7, 11) is 0. The Kier molecular flexibility index (Phi) is 7.15. The van der Waals surface area contributed by atoms with E-state index in [1.165, 1.54) is 13.1 Å². The molecule has 0 spiro atoms. The molecule has 0 fully saturated rings. The summed E-state index contributed by atoms with van der Waals surface area (Å²) in [6.07, 6.45) is 1.35. The van der Waals surface area contributed by atoms with Crippen molar-refractivity contribution < 1.29 is 19.1 Å². The number of halogens is 2. The molecule has 1 aromatic heterocycles. The summed E-state index contributed by atoms with van der Waals surface area (Å²) >= 11 is 11.9. The van der Waals surface area contributed by atoms with E-state index in [1.807, 2.05) is 0 Å². The van der Waals surface area contributed by atoms with Crippen molar-refractivity contribution in [2.45, 2.75) is 19.9 Å². The quantitative estimate of drug-likeness (QED) is 0.714. The van der Waals surface area contributed by atoms with Crippen LogP contribution in [0.15, 0.2) is 36.5 Å². The van der Waals surface area contributed by atoms with E-state index in [9.17, 15) is 14.4 Å². The number of anilines is 1. The summed E-state index contributed by atoms with van der Waals surface area (Å²) in [6.45, 7) is 2.59. The van der Waals surface area contributed by atoms with Crippen molar-refractivity contribution in [1.29, 1.82) is 0 Å². The number of carbonyl (C=O) groups is 3. The maximum atomic E-state index is 12.0. The molecule has 0 saturated carbocycles. The molecule has 0 radical (unpaired) electrons. The highest BCUT2D eigenvalue weighted by Crippen LogP contribution is 2.28. The molecule has 1 heterocycles. The van der Waals surface area contributed by atoms with Crippen LogP contribution in [0.25, 0.3) is 0 Å². The molecule has 27 heavy (non-hydrogen) atoms. The van der Waals surface area contributed by atoms with Crippen molar-refractivity contribution in [3.8, 4) is 0 Å². The fourth-order valence-corrected chi connectivity index (χ4v) is 2.39. The largest absolute Gasteiger partial charge is 0.454 e. The van der Waals surface area contributed by atoms with Crippen molar-refractivity contribution in [3.05, 3.63) is 57.7 Å². The van der Waals surface area contributed by atoms with Crippen LogP contribution in [-0.4, -0.2) is 35.4 Å². The van der Waals surface area contributed by atoms with Crippen molar-refractivity contribution >= 4 is 46.8 Å². The SMILES string of the molecule is Cc1c(Cl)cnc(NC(=O)COC(=O)[C@@H](C)NC(=O)c2ccccc2)c1Cl. The highest BCUT2D eigenvalue weighted by molar-refractivity contribution is 6.37. The van der Waals surface area contributed by atoms with E-state index < -0.39 is 30.4 Å². The standard InChI is InChI=1S/C18H17Cl2N3O4/c1-10-13(19)8-21-16(15(10)20)23-14(24)9-27-18(26)11(2)22-17(25)12-6-4-3-5-7-12/h3-8,11H,9H2,1-2H3,(H,22,25)(H,21,23,24)/t11-/m1/s1. The van der Waals surface area contributed by atoms with Crippen LogP contribution in [0.2, 0.25) is 10.0 Å². The van der Waals surface area contributed by atoms with E-state index in [1.54, 1.807) is 37.3 Å². The molecule has 2 N–H and O–H groups in total. The smallest absolute Gasteiger partial charge is 0.328 e. The molecule has 2 amide bonds. The normalized spacial score (nSPS) is 11.4. The predicted octanol–water partition coefficient (Wildman–Crippen LogP) is 3.00. The van der Waals surface area contributed by atoms with Gasteiger partial charge in [0.1, 0.15) is 6.04 Å². The van der Waals surface area contributed by atoms with E-state index in [0.29, 0.717) is 16.1 Å². The van der Waals surface area contributed by atoms with Gasteiger partial charge in [-0.25, -0.2) is 9.78 Å². The zero-order chi connectivity index (χ0) is 20.0. The van der Waals surface area contributed by atoms with Gasteiger partial charge in [-0.15, -0.1) is 0 Å². The molecule has 2 rings (SSSR count). The van der Waals surface area contributed by atoms with Crippen LogP contribution in [0.4, 0.5) is 5.82 Å². The molecule has 0 aliphatic rings. The number of esters is 1. The van der Waals surface area contributed by atoms with Crippen molar-refractivity contribution in [2.24, 2.45) is 0 Å². The van der Waals surface area contributed by atoms with Crippen LogP contribution < -0.4 is 10.6 Å². The zero-order valence-corrected chi connectivity index (χ0v) is 16.1. The summed E-state index contributed by atoms with van der Waals surface area (Å²) in [5, 5.41) is 5.50. The molecular weight excluding hydrogens is 393 g/mol. The second-order valence-electron chi connectivity index (χ2n) is 5.61. The first kappa shape index (κ1) is 20.7. The molecule has 0 aliphatic carbocycles. The number of amides is 2. The number of pyridine rings is 1. The van der Waals surface area contributed by atoms with Crippen molar-refractivity contribution in [2.75, 3.05) is 11.9 Å². The lowest BCUT2D eigenvalue weighted by atomic mass is 10.2. The summed E-state index contributed by atoms with van der Waals surface area (Å²) in [4.78, 5) is 39.8. The number of hydrogen-bond donors (Lipinski definition) is 2. The van der Waals surface area contributed by atoms with Gasteiger partial charge in [0.05, 0.1) is 10.0 Å². The van der Waals surface area contributed by atoms with E-state index in [0.717, 1.165) is 0 Å². The van der Waals surface area contributed by atoms with Crippen LogP contribution >= 0.6 is 23.2 Å². The van der Waals surface area contributed by atoms with Gasteiger partial charge >= 0.3 is 5.97 Å². The Morgan fingerprint density at radius 2 is 1.85 bits per heavy atom. The van der Waals surface area contributed by atoms with Gasteiger partial charge in [0, 0.05) is 11.8 Å². The fourth-order valence-electron chi connectivity index (χ4n) is 2.00. The number of hydrogen-bond acceptors (Lipinski definition) is 5. The third-order valence-corrected chi connectivity index (χ3v) is 4.39. The van der Waals surface area contributed by atoms with Gasteiger partial charge in [-0.1, -0.05) is 41.4 Å². The number of benzene rings is 1. The molecular formula is C18H17Cl2N3O4. The highest BCUT2D eigenvalue weighted by Gasteiger charge is 2.19. The minimum atomic E-state index is -0.926. The van der Waals surface area contributed by atoms with Gasteiger partial charge in [0.15, 0.2) is 12.4 Å². The molecule has 2 aromatic rings. The Hall–Kier alpha value is -2.64. The number of aromatic nitrogens is 1. The molecule has 7 nitrogen and oxygen atoms in total. The van der Waals surface area contributed by atoms with Crippen LogP contribution in [-0.2, 0) is 14.3 Å². The number of nitrogens with one attached hydrogen (secondary N) is 2. The summed E-state index contributed by atoms with van der Waals surface area (Å²) in [5.74, 6) is -1.68. The van der Waals surface area contributed by atoms with E-state index >= 15 is 0 Å². The summed E-state index contributed by atoms with van der Waals surface area (Å²) < 4.78 is 4.91. The summed E-state index contributed by atoms with van der Waals surface area (Å²) in [5.41, 5.74) is 0.978. The lowest BCUT2D eigenvalue weighted by Crippen LogP contribution is -2.40. The maximum Gasteiger partial charge on any atom is 0.328 e. The van der Waals surface area contributed by atoms with Gasteiger partial charge in [0.2, 0.25) is 0 Å². The van der Waals surface area contributed by atoms with E-state index in [4.69, 9.17) is 27.9 Å². The van der Waals surface area contributed by atoms with Crippen LogP contribution in [0.5, 0.6) is 0 Å². The molecule has 0 aliphatic heterocycles. The molecule has 0 saturated heterocycles. The third-order valence-electron chi connectivity index (χ3n) is 3.54. The summed E-state index contributed by atoms with van der Waals surface area (Å²) in [6, 6.07) is 7.50. The van der Waals surface area contributed by atoms with Crippen LogP contribution in [0, 0.1) is 6.92 Å². The lowest BCUT2D eigenvalue weighted by Gasteiger charge is -2.14. The maximum absolute atomic E-state index is 12.0. The number of nitrogens with zero attached hydrogens (tertiary/aromatic N) is 1. The van der Waals surface area contributed by atoms with Crippen molar-refractivity contribution in [1.82, 2.24) is 10.3 Å². The van der Waals surface area contributed by atoms with Gasteiger partial charge in [-0.3, -0.25) is 9.59 Å². The highest BCUT2D eigenvalue weighted by atomic mass is 35.5. The van der Waals surface area contributed by atoms with Crippen molar-refractivity contribution in [3.63, 3.8) is 0 Å². The fraction of sp³-hybridized carbons (Fsp3) is 0.222. The van der Waals surface area contributed by atoms with E-state index in [-0.39, 0.29) is 10.8 Å². The Balaban J connectivity index is 1.85. The first-order valence-electron chi connectivity index (χ1n) is 7.92. The van der Waals surface area contributed by atoms with E-state index in [2.05, 4.69) is 15.6 Å². The number of rotatable bonds is 6. The first-order valence-corrected chi connectivity index (χ1v) is 8.68. The molecule has 0 bridgehead atoms. The van der Waals surface area contributed by atoms with Crippen LogP contribution in [0.1, 0.15) is 22.8 Å². The second-order valence-corrected chi connectivity index (χ2v) is 6.40. The minimum absolute atomic E-state index is 0.116. The zero-order valence-electron chi connectivity index (χ0n) is 14.6. The van der Waals surface area contributed by atoms with Gasteiger partial charge < -0.3 is 15.4 Å². The topological polar surface area (TPSA) is 97.4 Å². The second kappa shape index (κ2) is 9.34. The molecule has 1 atom stereocenters. The molecule has 142 valence electrons. The Labute approximate surface area is 166 Å². The molecule has 0 unspecified atom stereocenters. The van der Waals surface area contributed by atoms with Gasteiger partial charge in [0.25, 0.3) is 11.8 Å². The predicted molar refractivity (Wildman–Crippen MR) is 102 cm³/mol. The van der Waals surface area contributed by atoms with Gasteiger partial charge in [-0.2, -0.15) is 0 Å². The number of ether oxygens (including phenoxy) is 1. The Morgan fingerprint density at radius 3 is 2.52 bits per heavy atom. The molecule has 1 aromatic carbocycles. The third kappa shape index (κ3) is 5.67. The molecule has 9 heteroatoms. The Morgan fingerprint density at radius 1 is 1.19 bits per heavy atom. The average molecular weight is 410 g/mol. The number of carbonyl (C=O) groups excluding carboxylic acids is 3. The average Bonchev–Trinajstić information content (AvgIpc) is 2.67. The monoisotopic (exact) mass is 409 g/mol. The Bertz CT molecular complexity index is 859.